The number of hydrogen-bond donors (Lipinski definition) is 0. The van der Waals surface area contributed by atoms with Crippen LogP contribution in [0.1, 0.15) is 16.1 Å². The van der Waals surface area contributed by atoms with Crippen LogP contribution in [-0.2, 0) is 13.6 Å². The fourth-order valence-corrected chi connectivity index (χ4v) is 2.56. The van der Waals surface area contributed by atoms with Crippen molar-refractivity contribution in [3.8, 4) is 0 Å². The highest BCUT2D eigenvalue weighted by atomic mass is 16.2. The number of hydrogen-bond acceptors (Lipinski definition) is 4. The number of aromatic nitrogens is 3. The summed E-state index contributed by atoms with van der Waals surface area (Å²) in [6, 6.07) is 10.4. The van der Waals surface area contributed by atoms with Crippen molar-refractivity contribution in [3.05, 3.63) is 47.8 Å². The van der Waals surface area contributed by atoms with Gasteiger partial charge in [-0.3, -0.25) is 9.69 Å². The second kappa shape index (κ2) is 6.05. The molecule has 0 N–H and O–H groups in total. The van der Waals surface area contributed by atoms with Gasteiger partial charge in [-0.05, 0) is 5.56 Å². The largest absolute Gasteiger partial charge is 0.335 e. The Balaban J connectivity index is 1.54. The minimum atomic E-state index is -0.0255. The number of aryl methyl sites for hydroxylation is 1. The maximum Gasteiger partial charge on any atom is 0.276 e. The van der Waals surface area contributed by atoms with E-state index < -0.39 is 0 Å². The molecule has 0 bridgehead atoms. The zero-order valence-electron chi connectivity index (χ0n) is 12.1. The lowest BCUT2D eigenvalue weighted by Crippen LogP contribution is -2.48. The van der Waals surface area contributed by atoms with Crippen molar-refractivity contribution < 1.29 is 4.79 Å². The average molecular weight is 285 g/mol. The second-order valence-corrected chi connectivity index (χ2v) is 5.27. The Morgan fingerprint density at radius 1 is 1.14 bits per heavy atom. The summed E-state index contributed by atoms with van der Waals surface area (Å²) >= 11 is 0. The molecule has 0 unspecified atom stereocenters. The van der Waals surface area contributed by atoms with Crippen LogP contribution in [0.2, 0.25) is 0 Å². The third kappa shape index (κ3) is 3.28. The predicted molar refractivity (Wildman–Crippen MR) is 78.6 cm³/mol. The Bertz CT molecular complexity index is 602. The Hall–Kier alpha value is -2.21. The summed E-state index contributed by atoms with van der Waals surface area (Å²) in [6.45, 7) is 4.19. The van der Waals surface area contributed by atoms with Gasteiger partial charge in [-0.15, -0.1) is 5.10 Å². The van der Waals surface area contributed by atoms with Crippen molar-refractivity contribution in [2.75, 3.05) is 26.2 Å². The molecule has 0 atom stereocenters. The molecule has 6 heteroatoms. The topological polar surface area (TPSA) is 54.3 Å². The fraction of sp³-hybridized carbons (Fsp3) is 0.400. The van der Waals surface area contributed by atoms with Crippen molar-refractivity contribution in [3.63, 3.8) is 0 Å². The van der Waals surface area contributed by atoms with Crippen LogP contribution in [0, 0.1) is 0 Å². The van der Waals surface area contributed by atoms with Crippen molar-refractivity contribution in [1.82, 2.24) is 24.8 Å². The highest BCUT2D eigenvalue weighted by molar-refractivity contribution is 5.91. The van der Waals surface area contributed by atoms with E-state index in [2.05, 4.69) is 39.4 Å². The van der Waals surface area contributed by atoms with Crippen LogP contribution in [0.5, 0.6) is 0 Å². The molecule has 6 nitrogen and oxygen atoms in total. The van der Waals surface area contributed by atoms with Gasteiger partial charge < -0.3 is 4.90 Å². The number of nitrogens with zero attached hydrogens (tertiary/aromatic N) is 5. The van der Waals surface area contributed by atoms with Crippen LogP contribution in [0.15, 0.2) is 36.5 Å². The van der Waals surface area contributed by atoms with Gasteiger partial charge in [0.15, 0.2) is 5.69 Å². The highest BCUT2D eigenvalue weighted by Crippen LogP contribution is 2.10. The van der Waals surface area contributed by atoms with E-state index in [9.17, 15) is 4.79 Å². The van der Waals surface area contributed by atoms with Gasteiger partial charge in [0.1, 0.15) is 0 Å². The van der Waals surface area contributed by atoms with Crippen molar-refractivity contribution >= 4 is 5.91 Å². The molecule has 2 heterocycles. The van der Waals surface area contributed by atoms with E-state index in [1.807, 2.05) is 11.0 Å². The van der Waals surface area contributed by atoms with Gasteiger partial charge in [0, 0.05) is 39.8 Å². The molecule has 1 amide bonds. The monoisotopic (exact) mass is 285 g/mol. The fourth-order valence-electron chi connectivity index (χ4n) is 2.56. The molecule has 0 aliphatic carbocycles. The molecule has 2 aromatic rings. The van der Waals surface area contributed by atoms with Crippen LogP contribution in [0.25, 0.3) is 0 Å². The minimum Gasteiger partial charge on any atom is -0.335 e. The molecular formula is C15H19N5O. The van der Waals surface area contributed by atoms with Gasteiger partial charge in [0.25, 0.3) is 5.91 Å². The van der Waals surface area contributed by atoms with Gasteiger partial charge >= 0.3 is 0 Å². The van der Waals surface area contributed by atoms with E-state index in [0.29, 0.717) is 5.69 Å². The Labute approximate surface area is 124 Å². The maximum atomic E-state index is 12.3. The molecule has 3 rings (SSSR count). The lowest BCUT2D eigenvalue weighted by atomic mass is 10.2. The number of rotatable bonds is 3. The van der Waals surface area contributed by atoms with Gasteiger partial charge in [-0.2, -0.15) is 9.90 Å². The Morgan fingerprint density at radius 3 is 2.48 bits per heavy atom. The smallest absolute Gasteiger partial charge is 0.276 e. The van der Waals surface area contributed by atoms with Gasteiger partial charge in [-0.1, -0.05) is 30.3 Å². The zero-order valence-corrected chi connectivity index (χ0v) is 12.1. The normalized spacial score (nSPS) is 16.1. The average Bonchev–Trinajstić information content (AvgIpc) is 2.95. The lowest BCUT2D eigenvalue weighted by Gasteiger charge is -2.34. The molecule has 1 aliphatic heterocycles. The number of benzene rings is 1. The van der Waals surface area contributed by atoms with E-state index in [-0.39, 0.29) is 5.91 Å². The summed E-state index contributed by atoms with van der Waals surface area (Å²) in [7, 11) is 1.72. The van der Waals surface area contributed by atoms with E-state index in [1.165, 1.54) is 16.6 Å². The highest BCUT2D eigenvalue weighted by Gasteiger charge is 2.23. The third-order valence-electron chi connectivity index (χ3n) is 3.73. The number of amides is 1. The van der Waals surface area contributed by atoms with Crippen molar-refractivity contribution in [2.45, 2.75) is 6.54 Å². The summed E-state index contributed by atoms with van der Waals surface area (Å²) in [6.07, 6.45) is 1.53. The summed E-state index contributed by atoms with van der Waals surface area (Å²) in [5.74, 6) is -0.0255. The van der Waals surface area contributed by atoms with Crippen LogP contribution < -0.4 is 0 Å². The van der Waals surface area contributed by atoms with E-state index >= 15 is 0 Å². The van der Waals surface area contributed by atoms with Crippen LogP contribution in [0.3, 0.4) is 0 Å². The molecule has 21 heavy (non-hydrogen) atoms. The van der Waals surface area contributed by atoms with Gasteiger partial charge in [0.2, 0.25) is 0 Å². The molecule has 0 radical (unpaired) electrons. The first-order chi connectivity index (χ1) is 10.2. The molecular weight excluding hydrogens is 266 g/mol. The first-order valence-electron chi connectivity index (χ1n) is 7.14. The molecule has 0 spiro atoms. The maximum absolute atomic E-state index is 12.3. The Morgan fingerprint density at radius 2 is 1.86 bits per heavy atom. The molecule has 1 aromatic carbocycles. The lowest BCUT2D eigenvalue weighted by molar-refractivity contribution is 0.0622. The quantitative estimate of drug-likeness (QED) is 0.836. The molecule has 110 valence electrons. The summed E-state index contributed by atoms with van der Waals surface area (Å²) in [5, 5.41) is 8.02. The number of piperazine rings is 1. The van der Waals surface area contributed by atoms with Crippen LogP contribution in [-0.4, -0.2) is 56.9 Å². The van der Waals surface area contributed by atoms with E-state index in [1.54, 1.807) is 7.05 Å². The first kappa shape index (κ1) is 13.8. The SMILES string of the molecule is Cn1ncc(C(=O)N2CCN(Cc3ccccc3)CC2)n1. The Kier molecular flexibility index (Phi) is 3.96. The molecule has 0 saturated carbocycles. The summed E-state index contributed by atoms with van der Waals surface area (Å²) < 4.78 is 0. The second-order valence-electron chi connectivity index (χ2n) is 5.27. The standard InChI is InChI=1S/C15H19N5O/c1-18-16-11-14(17-18)15(21)20-9-7-19(8-10-20)12-13-5-3-2-4-6-13/h2-6,11H,7-10,12H2,1H3. The van der Waals surface area contributed by atoms with E-state index in [0.717, 1.165) is 32.7 Å². The third-order valence-corrected chi connectivity index (χ3v) is 3.73. The molecule has 1 saturated heterocycles. The van der Waals surface area contributed by atoms with Gasteiger partial charge in [-0.25, -0.2) is 0 Å². The zero-order chi connectivity index (χ0) is 14.7. The van der Waals surface area contributed by atoms with Crippen LogP contribution >= 0.6 is 0 Å². The predicted octanol–water partition coefficient (Wildman–Crippen LogP) is 0.773. The van der Waals surface area contributed by atoms with E-state index in [4.69, 9.17) is 0 Å². The van der Waals surface area contributed by atoms with Crippen molar-refractivity contribution in [1.29, 1.82) is 0 Å². The van der Waals surface area contributed by atoms with Gasteiger partial charge in [0.05, 0.1) is 6.20 Å². The number of carbonyl (C=O) groups is 1. The van der Waals surface area contributed by atoms with Crippen LogP contribution in [0.4, 0.5) is 0 Å². The molecule has 1 fully saturated rings. The molecule has 1 aliphatic rings. The van der Waals surface area contributed by atoms with Crippen molar-refractivity contribution in [2.24, 2.45) is 7.05 Å². The summed E-state index contributed by atoms with van der Waals surface area (Å²) in [5.41, 5.74) is 1.74. The summed E-state index contributed by atoms with van der Waals surface area (Å²) in [4.78, 5) is 17.9. The number of carbonyl (C=O) groups excluding carboxylic acids is 1. The first-order valence-corrected chi connectivity index (χ1v) is 7.14. The minimum absolute atomic E-state index is 0.0255. The molecule has 1 aromatic heterocycles.